The van der Waals surface area contributed by atoms with E-state index in [2.05, 4.69) is 21.2 Å². The number of thiophene rings is 1. The third kappa shape index (κ3) is 4.45. The zero-order valence-corrected chi connectivity index (χ0v) is 17.0. The number of halogens is 1. The number of carbonyl (C=O) groups excluding carboxylic acids is 2. The Labute approximate surface area is 164 Å². The van der Waals surface area contributed by atoms with E-state index in [1.54, 1.807) is 26.0 Å². The monoisotopic (exact) mass is 437 g/mol. The summed E-state index contributed by atoms with van der Waals surface area (Å²) in [6, 6.07) is 7.27. The molecule has 1 aliphatic rings. The van der Waals surface area contributed by atoms with Gasteiger partial charge in [-0.15, -0.1) is 11.3 Å². The van der Waals surface area contributed by atoms with Gasteiger partial charge in [0, 0.05) is 4.47 Å². The highest BCUT2D eigenvalue weighted by Gasteiger charge is 2.32. The Bertz CT molecular complexity index is 798. The van der Waals surface area contributed by atoms with Crippen LogP contribution in [0.1, 0.15) is 48.5 Å². The van der Waals surface area contributed by atoms with Crippen molar-refractivity contribution in [3.63, 3.8) is 0 Å². The van der Waals surface area contributed by atoms with Gasteiger partial charge in [-0.2, -0.15) is 0 Å². The third-order valence-corrected chi connectivity index (χ3v) is 5.49. The lowest BCUT2D eigenvalue weighted by Gasteiger charge is -2.15. The number of hydrogen-bond donors (Lipinski definition) is 1. The van der Waals surface area contributed by atoms with Crippen molar-refractivity contribution in [3.05, 3.63) is 45.2 Å². The summed E-state index contributed by atoms with van der Waals surface area (Å²) in [6.07, 6.45) is 1.44. The SMILES string of the molecule is CCOC(=O)c1c(C2CC2)csc1NC(=O)C(C)Oc1ccc(Br)cc1. The highest BCUT2D eigenvalue weighted by molar-refractivity contribution is 9.10. The molecule has 1 amide bonds. The third-order valence-electron chi connectivity index (χ3n) is 4.05. The maximum absolute atomic E-state index is 12.5. The lowest BCUT2D eigenvalue weighted by molar-refractivity contribution is -0.122. The molecule has 0 radical (unpaired) electrons. The average molecular weight is 438 g/mol. The quantitative estimate of drug-likeness (QED) is 0.620. The van der Waals surface area contributed by atoms with Gasteiger partial charge < -0.3 is 14.8 Å². The fraction of sp³-hybridized carbons (Fsp3) is 0.368. The maximum atomic E-state index is 12.5. The topological polar surface area (TPSA) is 64.6 Å². The van der Waals surface area contributed by atoms with Gasteiger partial charge in [0.25, 0.3) is 5.91 Å². The van der Waals surface area contributed by atoms with Gasteiger partial charge in [0.1, 0.15) is 10.8 Å². The molecule has 1 heterocycles. The van der Waals surface area contributed by atoms with E-state index in [1.807, 2.05) is 17.5 Å². The minimum Gasteiger partial charge on any atom is -0.481 e. The summed E-state index contributed by atoms with van der Waals surface area (Å²) in [4.78, 5) is 24.9. The van der Waals surface area contributed by atoms with Crippen molar-refractivity contribution >= 4 is 44.1 Å². The Morgan fingerprint density at radius 2 is 2.00 bits per heavy atom. The van der Waals surface area contributed by atoms with Crippen LogP contribution in [0, 0.1) is 0 Å². The molecule has 1 fully saturated rings. The maximum Gasteiger partial charge on any atom is 0.341 e. The van der Waals surface area contributed by atoms with Crippen LogP contribution < -0.4 is 10.1 Å². The number of esters is 1. The first-order chi connectivity index (χ1) is 12.5. The van der Waals surface area contributed by atoms with E-state index in [9.17, 15) is 9.59 Å². The summed E-state index contributed by atoms with van der Waals surface area (Å²) in [5.74, 6) is 0.314. The summed E-state index contributed by atoms with van der Waals surface area (Å²) in [5, 5.41) is 5.30. The largest absolute Gasteiger partial charge is 0.481 e. The number of ether oxygens (including phenoxy) is 2. The zero-order valence-electron chi connectivity index (χ0n) is 14.6. The van der Waals surface area contributed by atoms with Gasteiger partial charge in [-0.05, 0) is 67.8 Å². The number of rotatable bonds is 7. The summed E-state index contributed by atoms with van der Waals surface area (Å²) in [7, 11) is 0. The second-order valence-electron chi connectivity index (χ2n) is 6.09. The normalized spacial score (nSPS) is 14.6. The van der Waals surface area contributed by atoms with E-state index in [0.717, 1.165) is 22.9 Å². The van der Waals surface area contributed by atoms with Crippen molar-refractivity contribution in [3.8, 4) is 5.75 Å². The van der Waals surface area contributed by atoms with Crippen molar-refractivity contribution in [1.82, 2.24) is 0 Å². The van der Waals surface area contributed by atoms with E-state index in [-0.39, 0.29) is 11.9 Å². The molecular weight excluding hydrogens is 418 g/mol. The fourth-order valence-electron chi connectivity index (χ4n) is 2.56. The molecule has 138 valence electrons. The first-order valence-electron chi connectivity index (χ1n) is 8.51. The smallest absolute Gasteiger partial charge is 0.341 e. The molecule has 5 nitrogen and oxygen atoms in total. The van der Waals surface area contributed by atoms with Gasteiger partial charge in [0.15, 0.2) is 6.10 Å². The van der Waals surface area contributed by atoms with Crippen molar-refractivity contribution < 1.29 is 19.1 Å². The molecule has 26 heavy (non-hydrogen) atoms. The summed E-state index contributed by atoms with van der Waals surface area (Å²) < 4.78 is 11.8. The Balaban J connectivity index is 1.72. The number of anilines is 1. The molecule has 1 aliphatic carbocycles. The summed E-state index contributed by atoms with van der Waals surface area (Å²) in [5.41, 5.74) is 1.47. The standard InChI is InChI=1S/C19H20BrNO4S/c1-3-24-19(23)16-15(12-4-5-12)10-26-18(16)21-17(22)11(2)25-14-8-6-13(20)7-9-14/h6-12H,3-5H2,1-2H3,(H,21,22). The van der Waals surface area contributed by atoms with Gasteiger partial charge >= 0.3 is 5.97 Å². The molecule has 1 aromatic carbocycles. The molecule has 1 aromatic heterocycles. The lowest BCUT2D eigenvalue weighted by Crippen LogP contribution is -2.30. The molecule has 0 bridgehead atoms. The van der Waals surface area contributed by atoms with Crippen LogP contribution in [-0.4, -0.2) is 24.6 Å². The number of carbonyl (C=O) groups is 2. The van der Waals surface area contributed by atoms with E-state index in [4.69, 9.17) is 9.47 Å². The van der Waals surface area contributed by atoms with Crippen LogP contribution >= 0.6 is 27.3 Å². The first-order valence-corrected chi connectivity index (χ1v) is 10.2. The molecule has 1 N–H and O–H groups in total. The van der Waals surface area contributed by atoms with Gasteiger partial charge in [0.2, 0.25) is 0 Å². The van der Waals surface area contributed by atoms with Crippen molar-refractivity contribution in [2.75, 3.05) is 11.9 Å². The van der Waals surface area contributed by atoms with E-state index >= 15 is 0 Å². The molecule has 1 unspecified atom stereocenters. The molecular formula is C19H20BrNO4S. The Hall–Kier alpha value is -1.86. The van der Waals surface area contributed by atoms with Crippen molar-refractivity contribution in [1.29, 1.82) is 0 Å². The minimum absolute atomic E-state index is 0.301. The van der Waals surface area contributed by atoms with Gasteiger partial charge in [-0.3, -0.25) is 4.79 Å². The van der Waals surface area contributed by atoms with E-state index < -0.39 is 6.10 Å². The van der Waals surface area contributed by atoms with Gasteiger partial charge in [0.05, 0.1) is 12.2 Å². The van der Waals surface area contributed by atoms with Crippen LogP contribution in [0.2, 0.25) is 0 Å². The number of nitrogens with one attached hydrogen (secondary N) is 1. The Morgan fingerprint density at radius 1 is 1.31 bits per heavy atom. The van der Waals surface area contributed by atoms with Crippen molar-refractivity contribution in [2.45, 2.75) is 38.7 Å². The van der Waals surface area contributed by atoms with Crippen LogP contribution in [0.3, 0.4) is 0 Å². The fourth-order valence-corrected chi connectivity index (χ4v) is 3.85. The summed E-state index contributed by atoms with van der Waals surface area (Å²) in [6.45, 7) is 3.75. The Kier molecular flexibility index (Phi) is 5.98. The second kappa shape index (κ2) is 8.22. The van der Waals surface area contributed by atoms with Crippen LogP contribution in [0.15, 0.2) is 34.1 Å². The lowest BCUT2D eigenvalue weighted by atomic mass is 10.1. The predicted molar refractivity (Wildman–Crippen MR) is 105 cm³/mol. The molecule has 0 saturated heterocycles. The van der Waals surface area contributed by atoms with Gasteiger partial charge in [-0.1, -0.05) is 15.9 Å². The number of amides is 1. The van der Waals surface area contributed by atoms with Crippen LogP contribution in [0.5, 0.6) is 5.75 Å². The highest BCUT2D eigenvalue weighted by atomic mass is 79.9. The van der Waals surface area contributed by atoms with E-state index in [1.165, 1.54) is 11.3 Å². The average Bonchev–Trinajstić information content (AvgIpc) is 3.37. The molecule has 0 aliphatic heterocycles. The van der Waals surface area contributed by atoms with Gasteiger partial charge in [-0.25, -0.2) is 4.79 Å². The second-order valence-corrected chi connectivity index (χ2v) is 7.89. The van der Waals surface area contributed by atoms with Crippen LogP contribution in [0.4, 0.5) is 5.00 Å². The highest BCUT2D eigenvalue weighted by Crippen LogP contribution is 2.46. The molecule has 3 rings (SSSR count). The summed E-state index contributed by atoms with van der Waals surface area (Å²) >= 11 is 4.72. The molecule has 1 atom stereocenters. The number of benzene rings is 1. The predicted octanol–water partition coefficient (Wildman–Crippen LogP) is 4.97. The first kappa shape index (κ1) is 18.9. The zero-order chi connectivity index (χ0) is 18.7. The number of hydrogen-bond acceptors (Lipinski definition) is 5. The minimum atomic E-state index is -0.697. The molecule has 1 saturated carbocycles. The van der Waals surface area contributed by atoms with Crippen molar-refractivity contribution in [2.24, 2.45) is 0 Å². The van der Waals surface area contributed by atoms with Crippen LogP contribution in [0.25, 0.3) is 0 Å². The molecule has 0 spiro atoms. The van der Waals surface area contributed by atoms with E-state index in [0.29, 0.717) is 28.8 Å². The molecule has 2 aromatic rings. The van der Waals surface area contributed by atoms with Crippen LogP contribution in [-0.2, 0) is 9.53 Å². The molecule has 7 heteroatoms. The Morgan fingerprint density at radius 3 is 2.62 bits per heavy atom.